The monoisotopic (exact) mass is 459 g/mol. The van der Waals surface area contributed by atoms with Crippen LogP contribution in [0.25, 0.3) is 10.1 Å². The molecule has 0 saturated carbocycles. The summed E-state index contributed by atoms with van der Waals surface area (Å²) in [5.74, 6) is 0.193. The van der Waals surface area contributed by atoms with E-state index in [4.69, 9.17) is 10.5 Å². The van der Waals surface area contributed by atoms with Crippen molar-refractivity contribution in [3.63, 3.8) is 0 Å². The first kappa shape index (κ1) is 22.4. The Balaban J connectivity index is 1.50. The fourth-order valence-electron chi connectivity index (χ4n) is 3.67. The van der Waals surface area contributed by atoms with Gasteiger partial charge in [0.25, 0.3) is 5.91 Å². The van der Waals surface area contributed by atoms with Crippen LogP contribution >= 0.6 is 11.3 Å². The molecule has 168 valence electrons. The molecule has 0 bridgehead atoms. The molecule has 0 aliphatic heterocycles. The van der Waals surface area contributed by atoms with Crippen molar-refractivity contribution >= 4 is 50.3 Å². The zero-order valence-corrected chi connectivity index (χ0v) is 19.2. The number of nitrogens with one attached hydrogen (secondary N) is 2. The summed E-state index contributed by atoms with van der Waals surface area (Å²) in [6, 6.07) is 22.2. The molecule has 0 aliphatic carbocycles. The fraction of sp³-hybridized carbons (Fsp3) is 0.154. The summed E-state index contributed by atoms with van der Waals surface area (Å²) in [7, 11) is 1.62. The molecule has 4 aromatic rings. The van der Waals surface area contributed by atoms with E-state index in [0.29, 0.717) is 28.4 Å². The maximum Gasteiger partial charge on any atom is 0.265 e. The molecule has 0 radical (unpaired) electrons. The smallest absolute Gasteiger partial charge is 0.265 e. The van der Waals surface area contributed by atoms with E-state index in [2.05, 4.69) is 10.6 Å². The average molecular weight is 460 g/mol. The molecule has 4 rings (SSSR count). The van der Waals surface area contributed by atoms with Crippen LogP contribution < -0.4 is 21.1 Å². The molecule has 1 heterocycles. The first-order chi connectivity index (χ1) is 16.0. The molecular weight excluding hydrogens is 434 g/mol. The second kappa shape index (κ2) is 9.75. The summed E-state index contributed by atoms with van der Waals surface area (Å²) in [6.45, 7) is 1.99. The number of anilines is 3. The highest BCUT2D eigenvalue weighted by molar-refractivity contribution is 7.20. The lowest BCUT2D eigenvalue weighted by Gasteiger charge is -2.16. The first-order valence-corrected chi connectivity index (χ1v) is 11.4. The highest BCUT2D eigenvalue weighted by atomic mass is 32.1. The Morgan fingerprint density at radius 3 is 2.45 bits per heavy atom. The number of carbonyl (C=O) groups is 2. The number of ether oxygens (including phenoxy) is 1. The van der Waals surface area contributed by atoms with Gasteiger partial charge in [-0.15, -0.1) is 11.3 Å². The van der Waals surface area contributed by atoms with Gasteiger partial charge in [-0.3, -0.25) is 9.59 Å². The Kier molecular flexibility index (Phi) is 6.60. The zero-order valence-electron chi connectivity index (χ0n) is 18.4. The van der Waals surface area contributed by atoms with Crippen LogP contribution in [0.3, 0.4) is 0 Å². The van der Waals surface area contributed by atoms with Gasteiger partial charge >= 0.3 is 0 Å². The van der Waals surface area contributed by atoms with E-state index in [1.807, 2.05) is 67.6 Å². The second-order valence-electron chi connectivity index (χ2n) is 7.63. The summed E-state index contributed by atoms with van der Waals surface area (Å²) < 4.78 is 6.16. The number of hydrogen-bond acceptors (Lipinski definition) is 5. The van der Waals surface area contributed by atoms with E-state index in [9.17, 15) is 9.59 Å². The quantitative estimate of drug-likeness (QED) is 0.301. The van der Waals surface area contributed by atoms with Crippen molar-refractivity contribution in [3.8, 4) is 5.75 Å². The number of benzene rings is 3. The normalized spacial score (nSPS) is 11.7. The van der Waals surface area contributed by atoms with Gasteiger partial charge < -0.3 is 21.1 Å². The van der Waals surface area contributed by atoms with Crippen LogP contribution in [0.5, 0.6) is 5.75 Å². The van der Waals surface area contributed by atoms with Gasteiger partial charge in [-0.2, -0.15) is 0 Å². The largest absolute Gasteiger partial charge is 0.497 e. The Hall–Kier alpha value is -3.84. The molecule has 4 N–H and O–H groups in total. The summed E-state index contributed by atoms with van der Waals surface area (Å²) in [5, 5.41) is 6.76. The number of amides is 2. The van der Waals surface area contributed by atoms with Gasteiger partial charge in [-0.05, 0) is 65.9 Å². The number of para-hydroxylation sites is 2. The molecule has 6 nitrogen and oxygen atoms in total. The minimum atomic E-state index is -0.272. The van der Waals surface area contributed by atoms with E-state index in [0.717, 1.165) is 21.4 Å². The van der Waals surface area contributed by atoms with Gasteiger partial charge in [0.1, 0.15) is 5.75 Å². The lowest BCUT2D eigenvalue weighted by Crippen LogP contribution is -2.20. The lowest BCUT2D eigenvalue weighted by molar-refractivity contribution is -0.117. The summed E-state index contributed by atoms with van der Waals surface area (Å²) in [6.07, 6.45) is 0.672. The van der Waals surface area contributed by atoms with Crippen molar-refractivity contribution in [2.75, 3.05) is 23.5 Å². The maximum atomic E-state index is 13.0. The lowest BCUT2D eigenvalue weighted by atomic mass is 9.95. The highest BCUT2D eigenvalue weighted by Gasteiger charge is 2.19. The van der Waals surface area contributed by atoms with Crippen molar-refractivity contribution in [3.05, 3.63) is 83.2 Å². The maximum absolute atomic E-state index is 13.0. The minimum Gasteiger partial charge on any atom is -0.497 e. The van der Waals surface area contributed by atoms with Crippen LogP contribution in [0.4, 0.5) is 17.1 Å². The van der Waals surface area contributed by atoms with Crippen molar-refractivity contribution in [2.45, 2.75) is 19.3 Å². The third-order valence-corrected chi connectivity index (χ3v) is 6.57. The number of rotatable bonds is 7. The fourth-order valence-corrected chi connectivity index (χ4v) is 4.60. The van der Waals surface area contributed by atoms with E-state index >= 15 is 0 Å². The van der Waals surface area contributed by atoms with Crippen molar-refractivity contribution < 1.29 is 14.3 Å². The average Bonchev–Trinajstić information content (AvgIpc) is 3.25. The molecule has 33 heavy (non-hydrogen) atoms. The van der Waals surface area contributed by atoms with Crippen molar-refractivity contribution in [1.82, 2.24) is 0 Å². The van der Waals surface area contributed by atoms with Crippen molar-refractivity contribution in [2.24, 2.45) is 0 Å². The molecule has 2 amide bonds. The number of nitrogens with two attached hydrogens (primary N) is 1. The molecule has 0 fully saturated rings. The molecule has 3 aromatic carbocycles. The van der Waals surface area contributed by atoms with E-state index in [1.54, 1.807) is 19.2 Å². The van der Waals surface area contributed by atoms with Gasteiger partial charge in [-0.1, -0.05) is 31.2 Å². The number of nitrogen functional groups attached to an aromatic ring is 1. The number of hydrogen-bond donors (Lipinski definition) is 3. The third kappa shape index (κ3) is 4.99. The molecule has 0 unspecified atom stereocenters. The predicted octanol–water partition coefficient (Wildman–Crippen LogP) is 5.88. The van der Waals surface area contributed by atoms with E-state index in [1.165, 1.54) is 11.3 Å². The molecule has 7 heteroatoms. The predicted molar refractivity (Wildman–Crippen MR) is 135 cm³/mol. The topological polar surface area (TPSA) is 93.5 Å². The van der Waals surface area contributed by atoms with Crippen molar-refractivity contribution in [1.29, 1.82) is 0 Å². The van der Waals surface area contributed by atoms with Crippen LogP contribution in [0, 0.1) is 0 Å². The Labute approximate surface area is 196 Å². The number of carbonyl (C=O) groups excluding carboxylic acids is 2. The third-order valence-electron chi connectivity index (χ3n) is 5.46. The van der Waals surface area contributed by atoms with Crippen LogP contribution in [-0.4, -0.2) is 18.9 Å². The molecule has 1 atom stereocenters. The molecule has 1 aromatic heterocycles. The van der Waals surface area contributed by atoms with E-state index < -0.39 is 0 Å². The Bertz CT molecular complexity index is 1300. The standard InChI is InChI=1S/C26H25N3O3S/c1-3-20(16-8-11-19(32-2)12-9-16)25(30)28-18-10-13-23-17(14-18)15-24(33-23)26(31)29-22-7-5-4-6-21(22)27/h4-15,20H,3,27H2,1-2H3,(H,28,30)(H,29,31)/t20-/m1/s1. The zero-order chi connectivity index (χ0) is 23.4. The summed E-state index contributed by atoms with van der Waals surface area (Å²) in [5.41, 5.74) is 8.64. The highest BCUT2D eigenvalue weighted by Crippen LogP contribution is 2.30. The van der Waals surface area contributed by atoms with Gasteiger partial charge in [0, 0.05) is 10.4 Å². The van der Waals surface area contributed by atoms with Crippen LogP contribution in [-0.2, 0) is 4.79 Å². The van der Waals surface area contributed by atoms with Crippen LogP contribution in [0.15, 0.2) is 72.8 Å². The second-order valence-corrected chi connectivity index (χ2v) is 8.71. The van der Waals surface area contributed by atoms with Gasteiger partial charge in [0.05, 0.1) is 29.3 Å². The minimum absolute atomic E-state index is 0.0743. The molecule has 0 saturated heterocycles. The Morgan fingerprint density at radius 1 is 1.00 bits per heavy atom. The molecule has 0 spiro atoms. The van der Waals surface area contributed by atoms with Gasteiger partial charge in [-0.25, -0.2) is 0 Å². The van der Waals surface area contributed by atoms with Gasteiger partial charge in [0.15, 0.2) is 0 Å². The number of thiophene rings is 1. The SMILES string of the molecule is CC[C@@H](C(=O)Nc1ccc2sc(C(=O)Nc3ccccc3N)cc2c1)c1ccc(OC)cc1. The summed E-state index contributed by atoms with van der Waals surface area (Å²) >= 11 is 1.39. The first-order valence-electron chi connectivity index (χ1n) is 10.6. The number of fused-ring (bicyclic) bond motifs is 1. The van der Waals surface area contributed by atoms with E-state index in [-0.39, 0.29) is 17.7 Å². The Morgan fingerprint density at radius 2 is 1.76 bits per heavy atom. The van der Waals surface area contributed by atoms with Crippen LogP contribution in [0.1, 0.15) is 34.5 Å². The van der Waals surface area contributed by atoms with Crippen LogP contribution in [0.2, 0.25) is 0 Å². The van der Waals surface area contributed by atoms with Gasteiger partial charge in [0.2, 0.25) is 5.91 Å². The molecular formula is C26H25N3O3S. The molecule has 0 aliphatic rings. The number of methoxy groups -OCH3 is 1. The summed E-state index contributed by atoms with van der Waals surface area (Å²) in [4.78, 5) is 26.2.